The minimum absolute atomic E-state index is 0.331. The maximum Gasteiger partial charge on any atom is 0.0968 e. The summed E-state index contributed by atoms with van der Waals surface area (Å²) in [5.74, 6) is 0. The first-order valence-corrected chi connectivity index (χ1v) is 4.52. The SMILES string of the molecule is CC(N)C(O)c1c(Cl)cncc1Cl. The largest absolute Gasteiger partial charge is 0.387 e. The van der Waals surface area contributed by atoms with Gasteiger partial charge in [-0.05, 0) is 6.92 Å². The minimum Gasteiger partial charge on any atom is -0.387 e. The maximum absolute atomic E-state index is 9.64. The molecule has 0 saturated heterocycles. The van der Waals surface area contributed by atoms with Gasteiger partial charge in [-0.1, -0.05) is 23.2 Å². The molecule has 0 aliphatic heterocycles. The number of aliphatic hydroxyl groups is 1. The lowest BCUT2D eigenvalue weighted by molar-refractivity contribution is 0.153. The molecule has 2 atom stereocenters. The molecular formula is C8H10Cl2N2O. The van der Waals surface area contributed by atoms with Crippen LogP contribution in [0.15, 0.2) is 12.4 Å². The molecule has 0 saturated carbocycles. The molecule has 3 nitrogen and oxygen atoms in total. The van der Waals surface area contributed by atoms with E-state index in [1.807, 2.05) is 0 Å². The third-order valence-corrected chi connectivity index (χ3v) is 2.29. The van der Waals surface area contributed by atoms with Crippen molar-refractivity contribution < 1.29 is 5.11 Å². The van der Waals surface area contributed by atoms with Gasteiger partial charge in [0, 0.05) is 24.0 Å². The van der Waals surface area contributed by atoms with E-state index in [0.717, 1.165) is 0 Å². The van der Waals surface area contributed by atoms with Gasteiger partial charge < -0.3 is 10.8 Å². The summed E-state index contributed by atoms with van der Waals surface area (Å²) in [6.07, 6.45) is 1.99. The normalized spacial score (nSPS) is 15.5. The van der Waals surface area contributed by atoms with Gasteiger partial charge in [0.1, 0.15) is 0 Å². The van der Waals surface area contributed by atoms with Crippen molar-refractivity contribution >= 4 is 23.2 Å². The molecule has 2 unspecified atom stereocenters. The van der Waals surface area contributed by atoms with E-state index in [1.165, 1.54) is 12.4 Å². The van der Waals surface area contributed by atoms with Crippen LogP contribution in [-0.2, 0) is 0 Å². The van der Waals surface area contributed by atoms with Crippen LogP contribution in [0.1, 0.15) is 18.6 Å². The second-order valence-corrected chi connectivity index (χ2v) is 3.64. The predicted molar refractivity (Wildman–Crippen MR) is 52.9 cm³/mol. The van der Waals surface area contributed by atoms with Crippen LogP contribution < -0.4 is 5.73 Å². The molecule has 1 aromatic rings. The number of rotatable bonds is 2. The van der Waals surface area contributed by atoms with Crippen molar-refractivity contribution in [2.45, 2.75) is 19.1 Å². The number of hydrogen-bond donors (Lipinski definition) is 2. The second kappa shape index (κ2) is 4.24. The molecule has 1 heterocycles. The fourth-order valence-electron chi connectivity index (χ4n) is 0.967. The predicted octanol–water partition coefficient (Wildman–Crippen LogP) is 1.77. The van der Waals surface area contributed by atoms with E-state index in [0.29, 0.717) is 15.6 Å². The fourth-order valence-corrected chi connectivity index (χ4v) is 1.55. The molecule has 0 aliphatic rings. The molecule has 3 N–H and O–H groups in total. The van der Waals surface area contributed by atoms with E-state index in [1.54, 1.807) is 6.92 Å². The Kier molecular flexibility index (Phi) is 3.50. The molecule has 0 fully saturated rings. The molecular weight excluding hydrogens is 211 g/mol. The van der Waals surface area contributed by atoms with Crippen molar-refractivity contribution in [1.82, 2.24) is 4.98 Å². The summed E-state index contributed by atoms with van der Waals surface area (Å²) in [5.41, 5.74) is 5.96. The zero-order chi connectivity index (χ0) is 10.0. The average Bonchev–Trinajstić information content (AvgIpc) is 2.03. The summed E-state index contributed by atoms with van der Waals surface area (Å²) in [5, 5.41) is 10.3. The van der Waals surface area contributed by atoms with E-state index in [-0.39, 0.29) is 0 Å². The lowest BCUT2D eigenvalue weighted by atomic mass is 10.1. The Labute approximate surface area is 86.5 Å². The van der Waals surface area contributed by atoms with E-state index in [2.05, 4.69) is 4.98 Å². The van der Waals surface area contributed by atoms with Gasteiger partial charge in [-0.25, -0.2) is 0 Å². The third-order valence-electron chi connectivity index (χ3n) is 1.68. The van der Waals surface area contributed by atoms with Gasteiger partial charge in [0.15, 0.2) is 0 Å². The van der Waals surface area contributed by atoms with Crippen LogP contribution >= 0.6 is 23.2 Å². The summed E-state index contributed by atoms with van der Waals surface area (Å²) in [6.45, 7) is 1.68. The number of nitrogens with two attached hydrogens (primary N) is 1. The molecule has 0 aromatic carbocycles. The van der Waals surface area contributed by atoms with Crippen LogP contribution in [-0.4, -0.2) is 16.1 Å². The first-order valence-electron chi connectivity index (χ1n) is 3.76. The topological polar surface area (TPSA) is 59.1 Å². The Morgan fingerprint density at radius 2 is 1.85 bits per heavy atom. The molecule has 5 heteroatoms. The smallest absolute Gasteiger partial charge is 0.0968 e. The third kappa shape index (κ3) is 2.31. The molecule has 0 bridgehead atoms. The average molecular weight is 221 g/mol. The lowest BCUT2D eigenvalue weighted by Gasteiger charge is -2.16. The van der Waals surface area contributed by atoms with Crippen molar-refractivity contribution in [3.8, 4) is 0 Å². The second-order valence-electron chi connectivity index (χ2n) is 2.82. The molecule has 13 heavy (non-hydrogen) atoms. The fraction of sp³-hybridized carbons (Fsp3) is 0.375. The molecule has 72 valence electrons. The van der Waals surface area contributed by atoms with Crippen LogP contribution in [0.3, 0.4) is 0 Å². The van der Waals surface area contributed by atoms with Crippen LogP contribution in [0.5, 0.6) is 0 Å². The van der Waals surface area contributed by atoms with E-state index in [9.17, 15) is 5.11 Å². The van der Waals surface area contributed by atoms with Crippen molar-refractivity contribution in [3.63, 3.8) is 0 Å². The Balaban J connectivity index is 3.12. The van der Waals surface area contributed by atoms with Crippen molar-refractivity contribution in [1.29, 1.82) is 0 Å². The first-order chi connectivity index (χ1) is 6.04. The Morgan fingerprint density at radius 3 is 2.23 bits per heavy atom. The number of hydrogen-bond acceptors (Lipinski definition) is 3. The van der Waals surface area contributed by atoms with Crippen LogP contribution in [0, 0.1) is 0 Å². The number of nitrogens with zero attached hydrogens (tertiary/aromatic N) is 1. The number of halogens is 2. The Morgan fingerprint density at radius 1 is 1.38 bits per heavy atom. The molecule has 0 spiro atoms. The zero-order valence-electron chi connectivity index (χ0n) is 7.04. The van der Waals surface area contributed by atoms with Gasteiger partial charge in [-0.2, -0.15) is 0 Å². The number of aliphatic hydroxyl groups excluding tert-OH is 1. The van der Waals surface area contributed by atoms with E-state index >= 15 is 0 Å². The summed E-state index contributed by atoms with van der Waals surface area (Å²) in [7, 11) is 0. The van der Waals surface area contributed by atoms with Crippen LogP contribution in [0.25, 0.3) is 0 Å². The van der Waals surface area contributed by atoms with E-state index < -0.39 is 12.1 Å². The van der Waals surface area contributed by atoms with Gasteiger partial charge >= 0.3 is 0 Å². The standard InChI is InChI=1S/C8H10Cl2N2O/c1-4(11)8(13)7-5(9)2-12-3-6(7)10/h2-4,8,13H,11H2,1H3. The van der Waals surface area contributed by atoms with Crippen LogP contribution in [0.2, 0.25) is 10.0 Å². The van der Waals surface area contributed by atoms with Crippen molar-refractivity contribution in [2.24, 2.45) is 5.73 Å². The highest BCUT2D eigenvalue weighted by Gasteiger charge is 2.18. The summed E-state index contributed by atoms with van der Waals surface area (Å²) < 4.78 is 0. The van der Waals surface area contributed by atoms with Crippen molar-refractivity contribution in [2.75, 3.05) is 0 Å². The Hall–Kier alpha value is -0.350. The number of aromatic nitrogens is 1. The first kappa shape index (κ1) is 10.7. The highest BCUT2D eigenvalue weighted by atomic mass is 35.5. The van der Waals surface area contributed by atoms with Crippen LogP contribution in [0.4, 0.5) is 0 Å². The van der Waals surface area contributed by atoms with Gasteiger partial charge in [0.25, 0.3) is 0 Å². The highest BCUT2D eigenvalue weighted by molar-refractivity contribution is 6.35. The number of pyridine rings is 1. The Bertz CT molecular complexity index is 284. The van der Waals surface area contributed by atoms with Gasteiger partial charge in [-0.3, -0.25) is 4.98 Å². The molecule has 0 aliphatic carbocycles. The van der Waals surface area contributed by atoms with Gasteiger partial charge in [-0.15, -0.1) is 0 Å². The lowest BCUT2D eigenvalue weighted by Crippen LogP contribution is -2.24. The maximum atomic E-state index is 9.64. The minimum atomic E-state index is -0.858. The highest BCUT2D eigenvalue weighted by Crippen LogP contribution is 2.30. The zero-order valence-corrected chi connectivity index (χ0v) is 8.55. The summed E-state index contributed by atoms with van der Waals surface area (Å²) in [4.78, 5) is 3.77. The molecule has 1 rings (SSSR count). The van der Waals surface area contributed by atoms with Gasteiger partial charge in [0.2, 0.25) is 0 Å². The van der Waals surface area contributed by atoms with Gasteiger partial charge in [0.05, 0.1) is 16.1 Å². The summed E-state index contributed by atoms with van der Waals surface area (Å²) in [6, 6.07) is -0.419. The quantitative estimate of drug-likeness (QED) is 0.799. The molecule has 0 radical (unpaired) electrons. The summed E-state index contributed by atoms with van der Waals surface area (Å²) >= 11 is 11.6. The molecule has 1 aromatic heterocycles. The monoisotopic (exact) mass is 220 g/mol. The van der Waals surface area contributed by atoms with Crippen molar-refractivity contribution in [3.05, 3.63) is 28.0 Å². The van der Waals surface area contributed by atoms with E-state index in [4.69, 9.17) is 28.9 Å². The molecule has 0 amide bonds.